The Hall–Kier alpha value is -3.08. The summed E-state index contributed by atoms with van der Waals surface area (Å²) in [5.74, 6) is -0.333. The summed E-state index contributed by atoms with van der Waals surface area (Å²) in [6, 6.07) is 14.8. The lowest BCUT2D eigenvalue weighted by molar-refractivity contribution is -0.114. The van der Waals surface area contributed by atoms with Gasteiger partial charge in [0, 0.05) is 34.9 Å². The van der Waals surface area contributed by atoms with Crippen LogP contribution in [0.1, 0.15) is 23.0 Å². The molecule has 0 spiro atoms. The predicted octanol–water partition coefficient (Wildman–Crippen LogP) is 3.69. The Morgan fingerprint density at radius 1 is 0.957 bits per heavy atom. The topological polar surface area (TPSA) is 74.0 Å². The molecule has 0 aliphatic rings. The van der Waals surface area contributed by atoms with Gasteiger partial charge in [-0.05, 0) is 31.2 Å². The molecule has 23 heavy (non-hydrogen) atoms. The molecule has 1 heterocycles. The maximum absolute atomic E-state index is 12.6. The standard InChI is InChI=1S/C18H17N3O2/c1-11-17(15-8-3-4-9-16(15)19-11)18(23)21-14-7-5-6-13(10-14)20-12(2)22/h3-10,19H,1-2H3,(H,20,22)(H,21,23). The molecule has 0 saturated carbocycles. The Labute approximate surface area is 133 Å². The van der Waals surface area contributed by atoms with E-state index in [0.29, 0.717) is 16.9 Å². The van der Waals surface area contributed by atoms with Crippen molar-refractivity contribution in [2.45, 2.75) is 13.8 Å². The SMILES string of the molecule is CC(=O)Nc1cccc(NC(=O)c2c(C)[nH]c3ccccc23)c1. The highest BCUT2D eigenvalue weighted by Crippen LogP contribution is 2.23. The molecule has 0 saturated heterocycles. The molecule has 0 unspecified atom stereocenters. The van der Waals surface area contributed by atoms with Crippen molar-refractivity contribution in [3.8, 4) is 0 Å². The monoisotopic (exact) mass is 307 g/mol. The summed E-state index contributed by atoms with van der Waals surface area (Å²) in [6.45, 7) is 3.32. The number of fused-ring (bicyclic) bond motifs is 1. The van der Waals surface area contributed by atoms with Crippen LogP contribution in [0, 0.1) is 6.92 Å². The second kappa shape index (κ2) is 5.96. The second-order valence-corrected chi connectivity index (χ2v) is 5.39. The van der Waals surface area contributed by atoms with Gasteiger partial charge in [0.25, 0.3) is 5.91 Å². The minimum absolute atomic E-state index is 0.152. The number of hydrogen-bond acceptors (Lipinski definition) is 2. The third-order valence-electron chi connectivity index (χ3n) is 3.56. The van der Waals surface area contributed by atoms with Crippen LogP contribution in [0.15, 0.2) is 48.5 Å². The van der Waals surface area contributed by atoms with E-state index in [9.17, 15) is 9.59 Å². The molecule has 1 aromatic heterocycles. The van der Waals surface area contributed by atoms with Crippen molar-refractivity contribution >= 4 is 34.1 Å². The van der Waals surface area contributed by atoms with Gasteiger partial charge in [0.05, 0.1) is 5.56 Å². The van der Waals surface area contributed by atoms with Crippen LogP contribution in [0.3, 0.4) is 0 Å². The first-order chi connectivity index (χ1) is 11.0. The fourth-order valence-electron chi connectivity index (χ4n) is 2.64. The third-order valence-corrected chi connectivity index (χ3v) is 3.56. The number of nitrogens with one attached hydrogen (secondary N) is 3. The van der Waals surface area contributed by atoms with E-state index in [1.165, 1.54) is 6.92 Å². The van der Waals surface area contributed by atoms with Crippen LogP contribution in [0.4, 0.5) is 11.4 Å². The summed E-state index contributed by atoms with van der Waals surface area (Å²) < 4.78 is 0. The van der Waals surface area contributed by atoms with Gasteiger partial charge < -0.3 is 15.6 Å². The van der Waals surface area contributed by atoms with Crippen LogP contribution in [0.2, 0.25) is 0 Å². The summed E-state index contributed by atoms with van der Waals surface area (Å²) in [4.78, 5) is 27.0. The molecule has 5 heteroatoms. The first kappa shape index (κ1) is 14.8. The zero-order valence-corrected chi connectivity index (χ0v) is 12.9. The minimum Gasteiger partial charge on any atom is -0.358 e. The highest BCUT2D eigenvalue weighted by molar-refractivity contribution is 6.14. The molecule has 0 bridgehead atoms. The van der Waals surface area contributed by atoms with E-state index in [0.717, 1.165) is 16.6 Å². The first-order valence-corrected chi connectivity index (χ1v) is 7.31. The summed E-state index contributed by atoms with van der Waals surface area (Å²) >= 11 is 0. The molecule has 0 aliphatic carbocycles. The van der Waals surface area contributed by atoms with E-state index in [-0.39, 0.29) is 11.8 Å². The molecule has 3 aromatic rings. The molecule has 5 nitrogen and oxygen atoms in total. The average Bonchev–Trinajstić information content (AvgIpc) is 2.82. The molecule has 0 aliphatic heterocycles. The van der Waals surface area contributed by atoms with E-state index >= 15 is 0 Å². The minimum atomic E-state index is -0.181. The number of H-pyrrole nitrogens is 1. The molecule has 3 rings (SSSR count). The van der Waals surface area contributed by atoms with Crippen LogP contribution in [0.5, 0.6) is 0 Å². The van der Waals surface area contributed by atoms with Crippen molar-refractivity contribution in [3.05, 3.63) is 59.8 Å². The smallest absolute Gasteiger partial charge is 0.258 e. The predicted molar refractivity (Wildman–Crippen MR) is 91.7 cm³/mol. The maximum Gasteiger partial charge on any atom is 0.258 e. The van der Waals surface area contributed by atoms with E-state index in [1.54, 1.807) is 24.3 Å². The fraction of sp³-hybridized carbons (Fsp3) is 0.111. The lowest BCUT2D eigenvalue weighted by Crippen LogP contribution is -2.13. The lowest BCUT2D eigenvalue weighted by atomic mass is 10.1. The number of aromatic amines is 1. The van der Waals surface area contributed by atoms with Gasteiger partial charge in [0.15, 0.2) is 0 Å². The van der Waals surface area contributed by atoms with Gasteiger partial charge in [-0.3, -0.25) is 9.59 Å². The molecule has 0 atom stereocenters. The molecule has 0 fully saturated rings. The number of aromatic nitrogens is 1. The van der Waals surface area contributed by atoms with Crippen molar-refractivity contribution < 1.29 is 9.59 Å². The van der Waals surface area contributed by atoms with Gasteiger partial charge in [-0.25, -0.2) is 0 Å². The Morgan fingerprint density at radius 3 is 2.39 bits per heavy atom. The number of aryl methyl sites for hydroxylation is 1. The normalized spacial score (nSPS) is 10.5. The van der Waals surface area contributed by atoms with Crippen LogP contribution in [-0.4, -0.2) is 16.8 Å². The van der Waals surface area contributed by atoms with Crippen LogP contribution in [-0.2, 0) is 4.79 Å². The molecule has 0 radical (unpaired) electrons. The Bertz CT molecular complexity index is 896. The number of benzene rings is 2. The average molecular weight is 307 g/mol. The van der Waals surface area contributed by atoms with Crippen molar-refractivity contribution in [1.82, 2.24) is 4.98 Å². The quantitative estimate of drug-likeness (QED) is 0.690. The summed E-state index contributed by atoms with van der Waals surface area (Å²) in [5.41, 5.74) is 3.66. The summed E-state index contributed by atoms with van der Waals surface area (Å²) in [5, 5.41) is 6.47. The lowest BCUT2D eigenvalue weighted by Gasteiger charge is -2.08. The van der Waals surface area contributed by atoms with Crippen molar-refractivity contribution in [1.29, 1.82) is 0 Å². The molecule has 2 aromatic carbocycles. The van der Waals surface area contributed by atoms with Crippen LogP contribution >= 0.6 is 0 Å². The van der Waals surface area contributed by atoms with Crippen LogP contribution < -0.4 is 10.6 Å². The van der Waals surface area contributed by atoms with Gasteiger partial charge >= 0.3 is 0 Å². The molecular formula is C18H17N3O2. The largest absolute Gasteiger partial charge is 0.358 e. The zero-order valence-electron chi connectivity index (χ0n) is 12.9. The van der Waals surface area contributed by atoms with Gasteiger partial charge in [-0.2, -0.15) is 0 Å². The van der Waals surface area contributed by atoms with Gasteiger partial charge in [-0.1, -0.05) is 24.3 Å². The van der Waals surface area contributed by atoms with E-state index in [2.05, 4.69) is 15.6 Å². The highest BCUT2D eigenvalue weighted by atomic mass is 16.2. The number of rotatable bonds is 3. The van der Waals surface area contributed by atoms with E-state index in [4.69, 9.17) is 0 Å². The highest BCUT2D eigenvalue weighted by Gasteiger charge is 2.15. The zero-order chi connectivity index (χ0) is 16.4. The maximum atomic E-state index is 12.6. The Morgan fingerprint density at radius 2 is 1.65 bits per heavy atom. The number of anilines is 2. The molecular weight excluding hydrogens is 290 g/mol. The van der Waals surface area contributed by atoms with Gasteiger partial charge in [0.2, 0.25) is 5.91 Å². The number of amides is 2. The number of carbonyl (C=O) groups is 2. The first-order valence-electron chi connectivity index (χ1n) is 7.31. The molecule has 2 amide bonds. The number of hydrogen-bond donors (Lipinski definition) is 3. The molecule has 116 valence electrons. The third kappa shape index (κ3) is 3.08. The Kier molecular flexibility index (Phi) is 3.85. The van der Waals surface area contributed by atoms with Crippen molar-refractivity contribution in [2.75, 3.05) is 10.6 Å². The van der Waals surface area contributed by atoms with Gasteiger partial charge in [-0.15, -0.1) is 0 Å². The van der Waals surface area contributed by atoms with E-state index < -0.39 is 0 Å². The molecule has 3 N–H and O–H groups in total. The number of para-hydroxylation sites is 1. The van der Waals surface area contributed by atoms with Gasteiger partial charge in [0.1, 0.15) is 0 Å². The fourth-order valence-corrected chi connectivity index (χ4v) is 2.64. The summed E-state index contributed by atoms with van der Waals surface area (Å²) in [7, 11) is 0. The van der Waals surface area contributed by atoms with Crippen molar-refractivity contribution in [3.63, 3.8) is 0 Å². The van der Waals surface area contributed by atoms with Crippen LogP contribution in [0.25, 0.3) is 10.9 Å². The van der Waals surface area contributed by atoms with Crippen molar-refractivity contribution in [2.24, 2.45) is 0 Å². The second-order valence-electron chi connectivity index (χ2n) is 5.39. The summed E-state index contributed by atoms with van der Waals surface area (Å²) in [6.07, 6.45) is 0. The van der Waals surface area contributed by atoms with E-state index in [1.807, 2.05) is 31.2 Å². The number of carbonyl (C=O) groups excluding carboxylic acids is 2. The Balaban J connectivity index is 1.89.